The van der Waals surface area contributed by atoms with Gasteiger partial charge in [-0.05, 0) is 36.2 Å². The van der Waals surface area contributed by atoms with Crippen LogP contribution in [0.3, 0.4) is 0 Å². The lowest BCUT2D eigenvalue weighted by Gasteiger charge is -2.12. The predicted octanol–water partition coefficient (Wildman–Crippen LogP) is 3.41. The molecule has 4 heteroatoms. The van der Waals surface area contributed by atoms with Gasteiger partial charge in [0.1, 0.15) is 5.75 Å². The second-order valence-corrected chi connectivity index (χ2v) is 4.31. The minimum Gasteiger partial charge on any atom is -0.465 e. The molecule has 20 heavy (non-hydrogen) atoms. The lowest BCUT2D eigenvalue weighted by atomic mass is 10.1. The van der Waals surface area contributed by atoms with Gasteiger partial charge in [0, 0.05) is 0 Å². The second-order valence-electron chi connectivity index (χ2n) is 4.31. The summed E-state index contributed by atoms with van der Waals surface area (Å²) in [7, 11) is 1.34. The number of para-hydroxylation sites is 1. The van der Waals surface area contributed by atoms with Crippen LogP contribution in [-0.4, -0.2) is 13.1 Å². The van der Waals surface area contributed by atoms with E-state index in [2.05, 4.69) is 6.92 Å². The zero-order valence-corrected chi connectivity index (χ0v) is 11.6. The first kappa shape index (κ1) is 13.9. The molecule has 0 spiro atoms. The van der Waals surface area contributed by atoms with Gasteiger partial charge in [-0.2, -0.15) is 0 Å². The smallest absolute Gasteiger partial charge is 0.337 e. The Morgan fingerprint density at radius 1 is 1.15 bits per heavy atom. The fraction of sp³-hybridized carbons (Fsp3) is 0.188. The van der Waals surface area contributed by atoms with E-state index in [1.807, 2.05) is 24.3 Å². The van der Waals surface area contributed by atoms with Crippen LogP contribution in [0.2, 0.25) is 0 Å². The van der Waals surface area contributed by atoms with Gasteiger partial charge in [0.05, 0.1) is 18.4 Å². The number of carbonyl (C=O) groups is 1. The Labute approximate surface area is 118 Å². The minimum absolute atomic E-state index is 0.408. The summed E-state index contributed by atoms with van der Waals surface area (Å²) >= 11 is 0. The number of ether oxygens (including phenoxy) is 2. The van der Waals surface area contributed by atoms with Gasteiger partial charge in [-0.1, -0.05) is 25.1 Å². The summed E-state index contributed by atoms with van der Waals surface area (Å²) in [5.41, 5.74) is 7.86. The number of benzene rings is 2. The summed E-state index contributed by atoms with van der Waals surface area (Å²) in [4.78, 5) is 11.5. The molecule has 0 heterocycles. The van der Waals surface area contributed by atoms with Crippen molar-refractivity contribution in [3.63, 3.8) is 0 Å². The number of aryl methyl sites for hydroxylation is 1. The Kier molecular flexibility index (Phi) is 4.25. The zero-order chi connectivity index (χ0) is 14.5. The van der Waals surface area contributed by atoms with Crippen molar-refractivity contribution in [3.05, 3.63) is 53.6 Å². The second kappa shape index (κ2) is 6.10. The number of rotatable bonds is 4. The van der Waals surface area contributed by atoms with Crippen LogP contribution in [0.1, 0.15) is 22.8 Å². The maximum absolute atomic E-state index is 11.5. The van der Waals surface area contributed by atoms with Crippen molar-refractivity contribution < 1.29 is 14.3 Å². The van der Waals surface area contributed by atoms with E-state index in [-0.39, 0.29) is 0 Å². The van der Waals surface area contributed by atoms with Crippen LogP contribution < -0.4 is 10.5 Å². The molecule has 104 valence electrons. The van der Waals surface area contributed by atoms with Crippen molar-refractivity contribution in [3.8, 4) is 11.5 Å². The fourth-order valence-corrected chi connectivity index (χ4v) is 1.88. The van der Waals surface area contributed by atoms with Gasteiger partial charge in [-0.15, -0.1) is 0 Å². The molecule has 2 aromatic carbocycles. The normalized spacial score (nSPS) is 10.1. The first-order valence-corrected chi connectivity index (χ1v) is 6.39. The number of nitrogen functional groups attached to an aromatic ring is 1. The maximum atomic E-state index is 11.5. The average Bonchev–Trinajstić information content (AvgIpc) is 2.49. The summed E-state index contributed by atoms with van der Waals surface area (Å²) in [5, 5.41) is 0. The number of carbonyl (C=O) groups excluding carboxylic acids is 1. The Bertz CT molecular complexity index is 623. The van der Waals surface area contributed by atoms with Gasteiger partial charge in [-0.3, -0.25) is 0 Å². The molecule has 0 aliphatic carbocycles. The van der Waals surface area contributed by atoms with Crippen molar-refractivity contribution in [2.24, 2.45) is 0 Å². The molecule has 0 saturated carbocycles. The highest BCUT2D eigenvalue weighted by Gasteiger charge is 2.11. The molecule has 0 radical (unpaired) electrons. The third-order valence-electron chi connectivity index (χ3n) is 3.01. The van der Waals surface area contributed by atoms with Crippen molar-refractivity contribution in [1.29, 1.82) is 0 Å². The van der Waals surface area contributed by atoms with Crippen LogP contribution in [0.5, 0.6) is 11.5 Å². The molecule has 0 saturated heterocycles. The van der Waals surface area contributed by atoms with Crippen LogP contribution in [0.15, 0.2) is 42.5 Å². The average molecular weight is 271 g/mol. The van der Waals surface area contributed by atoms with Crippen molar-refractivity contribution >= 4 is 11.7 Å². The number of anilines is 1. The number of hydrogen-bond acceptors (Lipinski definition) is 4. The third kappa shape index (κ3) is 2.91. The Balaban J connectivity index is 2.35. The standard InChI is InChI=1S/C16H17NO3/c1-3-11-6-4-5-7-14(11)20-15-10-12(16(18)19-2)8-9-13(15)17/h4-10H,3,17H2,1-2H3. The van der Waals surface area contributed by atoms with E-state index in [1.54, 1.807) is 18.2 Å². The number of nitrogens with two attached hydrogens (primary N) is 1. The minimum atomic E-state index is -0.418. The van der Waals surface area contributed by atoms with Crippen LogP contribution >= 0.6 is 0 Å². The molecule has 0 aromatic heterocycles. The number of methoxy groups -OCH3 is 1. The van der Waals surface area contributed by atoms with Crippen LogP contribution in [0.4, 0.5) is 5.69 Å². The van der Waals surface area contributed by atoms with Gasteiger partial charge >= 0.3 is 5.97 Å². The molecule has 0 amide bonds. The number of esters is 1. The molecule has 2 aromatic rings. The van der Waals surface area contributed by atoms with E-state index in [9.17, 15) is 4.79 Å². The highest BCUT2D eigenvalue weighted by atomic mass is 16.5. The maximum Gasteiger partial charge on any atom is 0.337 e. The van der Waals surface area contributed by atoms with E-state index in [1.165, 1.54) is 7.11 Å². The third-order valence-corrected chi connectivity index (χ3v) is 3.01. The van der Waals surface area contributed by atoms with Gasteiger partial charge in [0.25, 0.3) is 0 Å². The van der Waals surface area contributed by atoms with Gasteiger partial charge < -0.3 is 15.2 Å². The molecular weight excluding hydrogens is 254 g/mol. The van der Waals surface area contributed by atoms with Crippen molar-refractivity contribution in [1.82, 2.24) is 0 Å². The lowest BCUT2D eigenvalue weighted by molar-refractivity contribution is 0.0600. The molecule has 2 rings (SSSR count). The molecule has 0 aliphatic rings. The molecule has 0 fully saturated rings. The Morgan fingerprint density at radius 3 is 2.60 bits per heavy atom. The van der Waals surface area contributed by atoms with Crippen LogP contribution in [0, 0.1) is 0 Å². The van der Waals surface area contributed by atoms with Gasteiger partial charge in [0.15, 0.2) is 5.75 Å². The Morgan fingerprint density at radius 2 is 1.90 bits per heavy atom. The van der Waals surface area contributed by atoms with Crippen LogP contribution in [-0.2, 0) is 11.2 Å². The van der Waals surface area contributed by atoms with E-state index < -0.39 is 5.97 Å². The Hall–Kier alpha value is -2.49. The lowest BCUT2D eigenvalue weighted by Crippen LogP contribution is -2.03. The van der Waals surface area contributed by atoms with E-state index in [4.69, 9.17) is 15.2 Å². The molecule has 0 aliphatic heterocycles. The largest absolute Gasteiger partial charge is 0.465 e. The van der Waals surface area contributed by atoms with Gasteiger partial charge in [-0.25, -0.2) is 4.79 Å². The molecule has 0 atom stereocenters. The van der Waals surface area contributed by atoms with E-state index >= 15 is 0 Å². The highest BCUT2D eigenvalue weighted by molar-refractivity contribution is 5.90. The molecule has 4 nitrogen and oxygen atoms in total. The fourth-order valence-electron chi connectivity index (χ4n) is 1.88. The van der Waals surface area contributed by atoms with Crippen molar-refractivity contribution in [2.45, 2.75) is 13.3 Å². The van der Waals surface area contributed by atoms with Crippen molar-refractivity contribution in [2.75, 3.05) is 12.8 Å². The first-order chi connectivity index (χ1) is 9.65. The molecule has 0 unspecified atom stereocenters. The monoisotopic (exact) mass is 271 g/mol. The molecular formula is C16H17NO3. The van der Waals surface area contributed by atoms with E-state index in [0.29, 0.717) is 17.0 Å². The summed E-state index contributed by atoms with van der Waals surface area (Å²) in [5.74, 6) is 0.774. The summed E-state index contributed by atoms with van der Waals surface area (Å²) in [6.07, 6.45) is 0.854. The summed E-state index contributed by atoms with van der Waals surface area (Å²) < 4.78 is 10.5. The first-order valence-electron chi connectivity index (χ1n) is 6.39. The predicted molar refractivity (Wildman–Crippen MR) is 78.1 cm³/mol. The molecule has 2 N–H and O–H groups in total. The topological polar surface area (TPSA) is 61.5 Å². The summed E-state index contributed by atoms with van der Waals surface area (Å²) in [6, 6.07) is 12.6. The quantitative estimate of drug-likeness (QED) is 0.683. The zero-order valence-electron chi connectivity index (χ0n) is 11.6. The van der Waals surface area contributed by atoms with Gasteiger partial charge in [0.2, 0.25) is 0 Å². The molecule has 0 bridgehead atoms. The summed E-state index contributed by atoms with van der Waals surface area (Å²) in [6.45, 7) is 2.05. The van der Waals surface area contributed by atoms with Crippen LogP contribution in [0.25, 0.3) is 0 Å². The SMILES string of the molecule is CCc1ccccc1Oc1cc(C(=O)OC)ccc1N. The number of hydrogen-bond donors (Lipinski definition) is 1. The highest BCUT2D eigenvalue weighted by Crippen LogP contribution is 2.31. The van der Waals surface area contributed by atoms with E-state index in [0.717, 1.165) is 17.7 Å².